The summed E-state index contributed by atoms with van der Waals surface area (Å²) in [6.07, 6.45) is 0. The lowest BCUT2D eigenvalue weighted by atomic mass is 10.2. The third-order valence-electron chi connectivity index (χ3n) is 1.93. The van der Waals surface area contributed by atoms with Crippen molar-refractivity contribution in [2.24, 2.45) is 0 Å². The predicted octanol–water partition coefficient (Wildman–Crippen LogP) is 2.67. The second-order valence-electron chi connectivity index (χ2n) is 3.09. The minimum atomic E-state index is -0.487. The van der Waals surface area contributed by atoms with Gasteiger partial charge in [0.05, 0.1) is 16.8 Å². The number of fused-ring (bicyclic) bond motifs is 1. The van der Waals surface area contributed by atoms with Gasteiger partial charge in [-0.2, -0.15) is 0 Å². The SMILES string of the molecule is CC1COc2c(ccc(Cl)c2F)N1. The van der Waals surface area contributed by atoms with Gasteiger partial charge in [0.2, 0.25) is 0 Å². The zero-order valence-corrected chi connectivity index (χ0v) is 7.86. The van der Waals surface area contributed by atoms with Crippen LogP contribution in [0.5, 0.6) is 5.75 Å². The Labute approximate surface area is 80.7 Å². The van der Waals surface area contributed by atoms with E-state index in [2.05, 4.69) is 5.32 Å². The van der Waals surface area contributed by atoms with E-state index in [-0.39, 0.29) is 16.8 Å². The molecule has 1 unspecified atom stereocenters. The molecule has 1 atom stereocenters. The Bertz CT molecular complexity index is 343. The third-order valence-corrected chi connectivity index (χ3v) is 2.22. The van der Waals surface area contributed by atoms with Crippen LogP contribution in [0, 0.1) is 5.82 Å². The van der Waals surface area contributed by atoms with E-state index in [1.54, 1.807) is 6.07 Å². The highest BCUT2D eigenvalue weighted by atomic mass is 35.5. The molecule has 0 radical (unpaired) electrons. The summed E-state index contributed by atoms with van der Waals surface area (Å²) in [4.78, 5) is 0. The number of rotatable bonds is 0. The van der Waals surface area contributed by atoms with E-state index in [4.69, 9.17) is 16.3 Å². The lowest BCUT2D eigenvalue weighted by molar-refractivity contribution is 0.277. The molecule has 2 rings (SSSR count). The van der Waals surface area contributed by atoms with Gasteiger partial charge in [-0.15, -0.1) is 0 Å². The summed E-state index contributed by atoms with van der Waals surface area (Å²) in [7, 11) is 0. The van der Waals surface area contributed by atoms with Crippen molar-refractivity contribution in [1.82, 2.24) is 0 Å². The number of hydrogen-bond donors (Lipinski definition) is 1. The standard InChI is InChI=1S/C9H9ClFNO/c1-5-4-13-9-7(12-5)3-2-6(10)8(9)11/h2-3,5,12H,4H2,1H3. The summed E-state index contributed by atoms with van der Waals surface area (Å²) < 4.78 is 18.5. The Morgan fingerprint density at radius 2 is 2.38 bits per heavy atom. The van der Waals surface area contributed by atoms with Crippen LogP contribution in [-0.2, 0) is 0 Å². The van der Waals surface area contributed by atoms with Crippen LogP contribution < -0.4 is 10.1 Å². The molecule has 0 fully saturated rings. The molecular weight excluding hydrogens is 193 g/mol. The summed E-state index contributed by atoms with van der Waals surface area (Å²) in [6, 6.07) is 3.44. The molecule has 0 aliphatic carbocycles. The van der Waals surface area contributed by atoms with Gasteiger partial charge in [-0.1, -0.05) is 11.6 Å². The zero-order valence-electron chi connectivity index (χ0n) is 7.10. The molecule has 13 heavy (non-hydrogen) atoms. The number of anilines is 1. The van der Waals surface area contributed by atoms with Gasteiger partial charge in [-0.25, -0.2) is 4.39 Å². The maximum absolute atomic E-state index is 13.3. The van der Waals surface area contributed by atoms with Gasteiger partial charge in [-0.05, 0) is 19.1 Å². The summed E-state index contributed by atoms with van der Waals surface area (Å²) in [5, 5.41) is 3.20. The van der Waals surface area contributed by atoms with Gasteiger partial charge in [0.25, 0.3) is 0 Å². The first-order chi connectivity index (χ1) is 6.18. The zero-order chi connectivity index (χ0) is 9.42. The minimum absolute atomic E-state index is 0.0927. The Morgan fingerprint density at radius 3 is 3.15 bits per heavy atom. The lowest BCUT2D eigenvalue weighted by Crippen LogP contribution is -2.28. The maximum atomic E-state index is 13.3. The summed E-state index contributed by atoms with van der Waals surface area (Å²) in [5.74, 6) is -0.260. The van der Waals surface area contributed by atoms with Crippen LogP contribution in [0.1, 0.15) is 6.92 Å². The van der Waals surface area contributed by atoms with Gasteiger partial charge in [0.15, 0.2) is 11.6 Å². The van der Waals surface area contributed by atoms with Crippen molar-refractivity contribution in [3.63, 3.8) is 0 Å². The molecular formula is C9H9ClFNO. The molecule has 0 saturated heterocycles. The Kier molecular flexibility index (Phi) is 2.04. The molecule has 1 aromatic rings. The van der Waals surface area contributed by atoms with Crippen molar-refractivity contribution in [1.29, 1.82) is 0 Å². The monoisotopic (exact) mass is 201 g/mol. The highest BCUT2D eigenvalue weighted by Gasteiger charge is 2.20. The van der Waals surface area contributed by atoms with Crippen LogP contribution in [0.4, 0.5) is 10.1 Å². The van der Waals surface area contributed by atoms with Gasteiger partial charge >= 0.3 is 0 Å². The quantitative estimate of drug-likeness (QED) is 0.697. The van der Waals surface area contributed by atoms with Gasteiger partial charge in [0, 0.05) is 0 Å². The fourth-order valence-corrected chi connectivity index (χ4v) is 1.45. The first-order valence-electron chi connectivity index (χ1n) is 4.06. The molecule has 0 bridgehead atoms. The van der Waals surface area contributed by atoms with Crippen molar-refractivity contribution < 1.29 is 9.13 Å². The van der Waals surface area contributed by atoms with Crippen molar-refractivity contribution in [3.05, 3.63) is 23.0 Å². The summed E-state index contributed by atoms with van der Waals surface area (Å²) in [6.45, 7) is 2.43. The average Bonchev–Trinajstić information content (AvgIpc) is 2.12. The number of hydrogen-bond acceptors (Lipinski definition) is 2. The van der Waals surface area contributed by atoms with E-state index >= 15 is 0 Å². The summed E-state index contributed by atoms with van der Waals surface area (Å²) in [5.41, 5.74) is 0.667. The van der Waals surface area contributed by atoms with Crippen molar-refractivity contribution in [2.75, 3.05) is 11.9 Å². The van der Waals surface area contributed by atoms with Gasteiger partial charge in [0.1, 0.15) is 6.61 Å². The highest BCUT2D eigenvalue weighted by Crippen LogP contribution is 2.35. The molecule has 1 aromatic carbocycles. The first-order valence-corrected chi connectivity index (χ1v) is 4.43. The molecule has 1 N–H and O–H groups in total. The number of halogens is 2. The first kappa shape index (κ1) is 8.63. The van der Waals surface area contributed by atoms with Gasteiger partial charge in [-0.3, -0.25) is 0 Å². The highest BCUT2D eigenvalue weighted by molar-refractivity contribution is 6.31. The molecule has 70 valence electrons. The van der Waals surface area contributed by atoms with E-state index < -0.39 is 5.82 Å². The largest absolute Gasteiger partial charge is 0.486 e. The van der Waals surface area contributed by atoms with Crippen LogP contribution in [0.3, 0.4) is 0 Å². The third kappa shape index (κ3) is 1.44. The van der Waals surface area contributed by atoms with Gasteiger partial charge < -0.3 is 10.1 Å². The minimum Gasteiger partial charge on any atom is -0.486 e. The Balaban J connectivity index is 2.47. The second kappa shape index (κ2) is 3.07. The lowest BCUT2D eigenvalue weighted by Gasteiger charge is -2.25. The van der Waals surface area contributed by atoms with Crippen LogP contribution in [-0.4, -0.2) is 12.6 Å². The Morgan fingerprint density at radius 1 is 1.62 bits per heavy atom. The molecule has 0 saturated carbocycles. The molecule has 1 aliphatic rings. The maximum Gasteiger partial charge on any atom is 0.185 e. The topological polar surface area (TPSA) is 21.3 Å². The van der Waals surface area contributed by atoms with Crippen molar-refractivity contribution >= 4 is 17.3 Å². The van der Waals surface area contributed by atoms with Crippen LogP contribution in [0.25, 0.3) is 0 Å². The van der Waals surface area contributed by atoms with E-state index in [1.165, 1.54) is 6.07 Å². The van der Waals surface area contributed by atoms with E-state index in [1.807, 2.05) is 6.92 Å². The molecule has 1 aliphatic heterocycles. The predicted molar refractivity (Wildman–Crippen MR) is 50.0 cm³/mol. The van der Waals surface area contributed by atoms with Crippen LogP contribution in [0.15, 0.2) is 12.1 Å². The normalized spacial score (nSPS) is 20.1. The number of ether oxygens (including phenoxy) is 1. The van der Waals surface area contributed by atoms with Crippen LogP contribution in [0.2, 0.25) is 5.02 Å². The van der Waals surface area contributed by atoms with Crippen molar-refractivity contribution in [3.8, 4) is 5.75 Å². The molecule has 4 heteroatoms. The number of benzene rings is 1. The van der Waals surface area contributed by atoms with E-state index in [0.29, 0.717) is 12.3 Å². The second-order valence-corrected chi connectivity index (χ2v) is 3.50. The molecule has 2 nitrogen and oxygen atoms in total. The van der Waals surface area contributed by atoms with E-state index in [9.17, 15) is 4.39 Å². The smallest absolute Gasteiger partial charge is 0.185 e. The van der Waals surface area contributed by atoms with Crippen LogP contribution >= 0.6 is 11.6 Å². The fourth-order valence-electron chi connectivity index (χ4n) is 1.30. The molecule has 0 aromatic heterocycles. The molecule has 0 spiro atoms. The van der Waals surface area contributed by atoms with E-state index in [0.717, 1.165) is 0 Å². The fraction of sp³-hybridized carbons (Fsp3) is 0.333. The Hall–Kier alpha value is -0.960. The van der Waals surface area contributed by atoms with Crippen molar-refractivity contribution in [2.45, 2.75) is 13.0 Å². The summed E-state index contributed by atoms with van der Waals surface area (Å²) >= 11 is 5.60. The number of nitrogens with one attached hydrogen (secondary N) is 1. The molecule has 0 amide bonds. The molecule has 1 heterocycles. The average molecular weight is 202 g/mol.